The molecule has 0 N–H and O–H groups in total. The standard InChI is InChI=1S/C31H43FN4O3/c1-7-24(23-13-14-23)28-26(11-9-8-10-22-12-15-25(32)27(18-22)38-6)33-20-34-29(28)36-17-16-35(19-21(36)2)30(37)39-31(3,4)5/h7,12,15,18,20-21,23H,8-11,13-14,16-17,19H2,1-6H3/b24-7-/t21-/m0/s1. The molecule has 1 saturated carbocycles. The Morgan fingerprint density at radius 3 is 2.54 bits per heavy atom. The van der Waals surface area contributed by atoms with Gasteiger partial charge in [-0.2, -0.15) is 0 Å². The van der Waals surface area contributed by atoms with Crippen LogP contribution in [0.15, 0.2) is 30.6 Å². The number of unbranched alkanes of at least 4 members (excludes halogenated alkanes) is 1. The normalized spacial score (nSPS) is 18.3. The fourth-order valence-electron chi connectivity index (χ4n) is 5.34. The van der Waals surface area contributed by atoms with Crippen LogP contribution >= 0.6 is 0 Å². The van der Waals surface area contributed by atoms with E-state index in [0.717, 1.165) is 42.8 Å². The molecule has 0 unspecified atom stereocenters. The van der Waals surface area contributed by atoms with E-state index in [1.807, 2.05) is 26.8 Å². The number of amides is 1. The zero-order chi connectivity index (χ0) is 28.2. The number of allylic oxidation sites excluding steroid dienone is 2. The van der Waals surface area contributed by atoms with Gasteiger partial charge in [0.1, 0.15) is 17.7 Å². The number of aryl methyl sites for hydroxylation is 2. The Labute approximate surface area is 232 Å². The molecule has 2 aromatic rings. The third kappa shape index (κ3) is 7.28. The van der Waals surface area contributed by atoms with Crippen LogP contribution in [0.4, 0.5) is 15.0 Å². The highest BCUT2D eigenvalue weighted by Crippen LogP contribution is 2.45. The van der Waals surface area contributed by atoms with Gasteiger partial charge in [-0.25, -0.2) is 19.2 Å². The van der Waals surface area contributed by atoms with Gasteiger partial charge in [0.25, 0.3) is 0 Å². The number of ether oxygens (including phenoxy) is 2. The van der Waals surface area contributed by atoms with E-state index in [1.165, 1.54) is 37.2 Å². The van der Waals surface area contributed by atoms with Crippen LogP contribution in [0, 0.1) is 11.7 Å². The second kappa shape index (κ2) is 12.3. The molecule has 7 nitrogen and oxygen atoms in total. The van der Waals surface area contributed by atoms with Crippen LogP contribution < -0.4 is 9.64 Å². The van der Waals surface area contributed by atoms with Crippen LogP contribution in [0.1, 0.15) is 77.1 Å². The summed E-state index contributed by atoms with van der Waals surface area (Å²) in [6, 6.07) is 5.18. The number of hydrogen-bond acceptors (Lipinski definition) is 6. The lowest BCUT2D eigenvalue weighted by atomic mass is 9.95. The molecule has 0 radical (unpaired) electrons. The van der Waals surface area contributed by atoms with Gasteiger partial charge in [-0.1, -0.05) is 12.1 Å². The number of nitrogens with zero attached hydrogens (tertiary/aromatic N) is 4. The highest BCUT2D eigenvalue weighted by molar-refractivity contribution is 5.79. The second-order valence-electron chi connectivity index (χ2n) is 11.7. The largest absolute Gasteiger partial charge is 0.494 e. The molecule has 0 bridgehead atoms. The maximum absolute atomic E-state index is 13.8. The van der Waals surface area contributed by atoms with E-state index in [9.17, 15) is 9.18 Å². The van der Waals surface area contributed by atoms with E-state index < -0.39 is 5.60 Å². The molecule has 2 aliphatic rings. The SMILES string of the molecule is C/C=C(\c1c(CCCCc2ccc(F)c(OC)c2)ncnc1N1CCN(C(=O)OC(C)(C)C)C[C@@H]1C)C1CC1. The van der Waals surface area contributed by atoms with Gasteiger partial charge in [0.05, 0.1) is 12.8 Å². The van der Waals surface area contributed by atoms with Crippen molar-refractivity contribution in [1.29, 1.82) is 0 Å². The first-order valence-electron chi connectivity index (χ1n) is 14.2. The summed E-state index contributed by atoms with van der Waals surface area (Å²) < 4.78 is 24.5. The fourth-order valence-corrected chi connectivity index (χ4v) is 5.34. The quantitative estimate of drug-likeness (QED) is 0.342. The van der Waals surface area contributed by atoms with Gasteiger partial charge in [0, 0.05) is 31.2 Å². The van der Waals surface area contributed by atoms with Gasteiger partial charge < -0.3 is 19.3 Å². The highest BCUT2D eigenvalue weighted by atomic mass is 19.1. The summed E-state index contributed by atoms with van der Waals surface area (Å²) in [6.07, 6.45) is 9.68. The van der Waals surface area contributed by atoms with Crippen molar-refractivity contribution in [2.24, 2.45) is 5.92 Å². The van der Waals surface area contributed by atoms with Gasteiger partial charge >= 0.3 is 6.09 Å². The van der Waals surface area contributed by atoms with Crippen LogP contribution in [-0.2, 0) is 17.6 Å². The molecular formula is C31H43FN4O3. The lowest BCUT2D eigenvalue weighted by Crippen LogP contribution is -2.55. The number of aromatic nitrogens is 2. The molecule has 4 rings (SSSR count). The lowest BCUT2D eigenvalue weighted by molar-refractivity contribution is 0.0218. The molecule has 212 valence electrons. The Morgan fingerprint density at radius 1 is 1.15 bits per heavy atom. The van der Waals surface area contributed by atoms with E-state index in [0.29, 0.717) is 31.3 Å². The van der Waals surface area contributed by atoms with E-state index in [2.05, 4.69) is 24.8 Å². The Morgan fingerprint density at radius 2 is 1.90 bits per heavy atom. The van der Waals surface area contributed by atoms with Gasteiger partial charge in [0.2, 0.25) is 0 Å². The first-order chi connectivity index (χ1) is 18.6. The van der Waals surface area contributed by atoms with Crippen molar-refractivity contribution >= 4 is 17.5 Å². The Kier molecular flexibility index (Phi) is 9.13. The van der Waals surface area contributed by atoms with E-state index >= 15 is 0 Å². The molecule has 1 aromatic heterocycles. The zero-order valence-corrected chi connectivity index (χ0v) is 24.3. The van der Waals surface area contributed by atoms with Gasteiger partial charge in [0.15, 0.2) is 11.6 Å². The van der Waals surface area contributed by atoms with E-state index in [4.69, 9.17) is 19.4 Å². The molecule has 1 amide bonds. The first kappa shape index (κ1) is 28.8. The van der Waals surface area contributed by atoms with Crippen molar-refractivity contribution in [2.75, 3.05) is 31.6 Å². The highest BCUT2D eigenvalue weighted by Gasteiger charge is 2.35. The van der Waals surface area contributed by atoms with Gasteiger partial charge in [-0.3, -0.25) is 0 Å². The van der Waals surface area contributed by atoms with Crippen LogP contribution in [0.25, 0.3) is 5.57 Å². The molecule has 1 atom stereocenters. The molecule has 8 heteroatoms. The summed E-state index contributed by atoms with van der Waals surface area (Å²) >= 11 is 0. The molecule has 1 aliphatic carbocycles. The smallest absolute Gasteiger partial charge is 0.410 e. The molecule has 39 heavy (non-hydrogen) atoms. The minimum atomic E-state index is -0.514. The first-order valence-corrected chi connectivity index (χ1v) is 14.2. The minimum Gasteiger partial charge on any atom is -0.494 e. The second-order valence-corrected chi connectivity index (χ2v) is 11.7. The fraction of sp³-hybridized carbons (Fsp3) is 0.581. The summed E-state index contributed by atoms with van der Waals surface area (Å²) in [5.41, 5.74) is 4.15. The molecule has 0 spiro atoms. The number of methoxy groups -OCH3 is 1. The predicted octanol–water partition coefficient (Wildman–Crippen LogP) is 6.45. The zero-order valence-electron chi connectivity index (χ0n) is 24.3. The van der Waals surface area contributed by atoms with Crippen molar-refractivity contribution < 1.29 is 18.7 Å². The Hall–Kier alpha value is -3.16. The molecular weight excluding hydrogens is 495 g/mol. The third-order valence-electron chi connectivity index (χ3n) is 7.42. The predicted molar refractivity (Wildman–Crippen MR) is 153 cm³/mol. The lowest BCUT2D eigenvalue weighted by Gasteiger charge is -2.41. The summed E-state index contributed by atoms with van der Waals surface area (Å²) in [4.78, 5) is 26.4. The minimum absolute atomic E-state index is 0.0959. The van der Waals surface area contributed by atoms with Crippen molar-refractivity contribution in [3.63, 3.8) is 0 Å². The van der Waals surface area contributed by atoms with E-state index in [1.54, 1.807) is 17.3 Å². The Bertz CT molecular complexity index is 1190. The van der Waals surface area contributed by atoms with Crippen LogP contribution in [0.5, 0.6) is 5.75 Å². The third-order valence-corrected chi connectivity index (χ3v) is 7.42. The van der Waals surface area contributed by atoms with Crippen LogP contribution in [0.3, 0.4) is 0 Å². The number of anilines is 1. The maximum Gasteiger partial charge on any atom is 0.410 e. The number of rotatable bonds is 9. The summed E-state index contributed by atoms with van der Waals surface area (Å²) in [7, 11) is 1.49. The average molecular weight is 539 g/mol. The summed E-state index contributed by atoms with van der Waals surface area (Å²) in [6.45, 7) is 11.8. The average Bonchev–Trinajstić information content (AvgIpc) is 3.73. The van der Waals surface area contributed by atoms with Crippen LogP contribution in [-0.4, -0.2) is 59.3 Å². The Balaban J connectivity index is 1.49. The monoisotopic (exact) mass is 538 g/mol. The van der Waals surface area contributed by atoms with E-state index in [-0.39, 0.29) is 18.0 Å². The topological polar surface area (TPSA) is 67.8 Å². The maximum atomic E-state index is 13.8. The molecule has 1 aromatic carbocycles. The van der Waals surface area contributed by atoms with Crippen LogP contribution in [0.2, 0.25) is 0 Å². The molecule has 1 saturated heterocycles. The van der Waals surface area contributed by atoms with Gasteiger partial charge in [-0.15, -0.1) is 0 Å². The van der Waals surface area contributed by atoms with Crippen molar-refractivity contribution in [3.8, 4) is 5.75 Å². The molecule has 1 aliphatic heterocycles. The van der Waals surface area contributed by atoms with Crippen molar-refractivity contribution in [1.82, 2.24) is 14.9 Å². The van der Waals surface area contributed by atoms with Crippen molar-refractivity contribution in [3.05, 3.63) is 53.2 Å². The van der Waals surface area contributed by atoms with Crippen molar-refractivity contribution in [2.45, 2.75) is 84.8 Å². The number of halogens is 1. The number of hydrogen-bond donors (Lipinski definition) is 0. The molecule has 2 heterocycles. The number of carbonyl (C=O) groups excluding carboxylic acids is 1. The summed E-state index contributed by atoms with van der Waals surface area (Å²) in [5.74, 6) is 1.49. The van der Waals surface area contributed by atoms with Gasteiger partial charge in [-0.05, 0) is 102 Å². The molecule has 2 fully saturated rings. The summed E-state index contributed by atoms with van der Waals surface area (Å²) in [5, 5.41) is 0. The number of carbonyl (C=O) groups is 1. The number of benzene rings is 1. The number of piperazine rings is 1.